The number of hydrogen-bond acceptors (Lipinski definition) is 6. The Morgan fingerprint density at radius 3 is 2.57 bits per heavy atom. The zero-order valence-electron chi connectivity index (χ0n) is 11.0. The molecule has 21 heavy (non-hydrogen) atoms. The van der Waals surface area contributed by atoms with Crippen LogP contribution in [0.4, 0.5) is 11.4 Å². The lowest BCUT2D eigenvalue weighted by atomic mass is 10.2. The molecule has 8 heteroatoms. The van der Waals surface area contributed by atoms with E-state index in [4.69, 9.17) is 15.3 Å². The van der Waals surface area contributed by atoms with E-state index in [0.717, 1.165) is 0 Å². The standard InChI is InChI=1S/C13H12BrN3O4/c1-20-10-2-3-13(12(14)7-10)21-11-5-8(16-15)4-9(6-11)17(18)19/h2-7,16H,15H2,1H3. The van der Waals surface area contributed by atoms with Gasteiger partial charge in [-0.3, -0.25) is 16.0 Å². The van der Waals surface area contributed by atoms with Crippen molar-refractivity contribution in [2.24, 2.45) is 5.84 Å². The quantitative estimate of drug-likeness (QED) is 0.485. The molecule has 0 aliphatic heterocycles. The molecule has 0 saturated heterocycles. The molecule has 2 aromatic rings. The van der Waals surface area contributed by atoms with Crippen LogP contribution in [0.15, 0.2) is 40.9 Å². The number of hydrazine groups is 1. The number of nitrogen functional groups attached to an aromatic ring is 1. The third-order valence-corrected chi connectivity index (χ3v) is 3.26. The second-order valence-corrected chi connectivity index (χ2v) is 4.87. The van der Waals surface area contributed by atoms with Crippen LogP contribution < -0.4 is 20.7 Å². The van der Waals surface area contributed by atoms with E-state index in [1.807, 2.05) is 0 Å². The van der Waals surface area contributed by atoms with E-state index in [1.54, 1.807) is 31.4 Å². The normalized spacial score (nSPS) is 10.0. The molecule has 2 aromatic carbocycles. The highest BCUT2D eigenvalue weighted by Gasteiger charge is 2.12. The Morgan fingerprint density at radius 2 is 2.00 bits per heavy atom. The van der Waals surface area contributed by atoms with Gasteiger partial charge in [-0.05, 0) is 34.1 Å². The van der Waals surface area contributed by atoms with Crippen LogP contribution in [0, 0.1) is 10.1 Å². The van der Waals surface area contributed by atoms with Crippen LogP contribution in [0.25, 0.3) is 0 Å². The first-order valence-electron chi connectivity index (χ1n) is 5.81. The maximum Gasteiger partial charge on any atom is 0.275 e. The molecule has 0 spiro atoms. The molecule has 0 unspecified atom stereocenters. The summed E-state index contributed by atoms with van der Waals surface area (Å²) in [7, 11) is 1.56. The molecular formula is C13H12BrN3O4. The second kappa shape index (κ2) is 6.42. The fraction of sp³-hybridized carbons (Fsp3) is 0.0769. The van der Waals surface area contributed by atoms with Gasteiger partial charge in [0.25, 0.3) is 5.69 Å². The number of halogens is 1. The number of ether oxygens (including phenoxy) is 2. The zero-order valence-corrected chi connectivity index (χ0v) is 12.6. The van der Waals surface area contributed by atoms with Gasteiger partial charge < -0.3 is 14.9 Å². The number of nitro groups is 1. The van der Waals surface area contributed by atoms with Gasteiger partial charge in [-0.25, -0.2) is 0 Å². The van der Waals surface area contributed by atoms with Gasteiger partial charge in [0.1, 0.15) is 17.2 Å². The molecule has 0 saturated carbocycles. The molecule has 0 atom stereocenters. The lowest BCUT2D eigenvalue weighted by Crippen LogP contribution is -2.07. The number of non-ortho nitro benzene ring substituents is 1. The zero-order chi connectivity index (χ0) is 15.4. The predicted octanol–water partition coefficient (Wildman–Crippen LogP) is 3.44. The smallest absolute Gasteiger partial charge is 0.275 e. The minimum atomic E-state index is -0.517. The number of hydrogen-bond donors (Lipinski definition) is 2. The minimum absolute atomic E-state index is 0.120. The van der Waals surface area contributed by atoms with Crippen LogP contribution >= 0.6 is 15.9 Å². The van der Waals surface area contributed by atoms with Gasteiger partial charge in [-0.15, -0.1) is 0 Å². The highest BCUT2D eigenvalue weighted by atomic mass is 79.9. The van der Waals surface area contributed by atoms with Gasteiger partial charge >= 0.3 is 0 Å². The Balaban J connectivity index is 2.34. The molecule has 0 bridgehead atoms. The van der Waals surface area contributed by atoms with E-state index in [2.05, 4.69) is 21.4 Å². The summed E-state index contributed by atoms with van der Waals surface area (Å²) in [6.07, 6.45) is 0. The summed E-state index contributed by atoms with van der Waals surface area (Å²) in [6.45, 7) is 0. The molecule has 0 aromatic heterocycles. The number of nitrogens with two attached hydrogens (primary N) is 1. The van der Waals surface area contributed by atoms with Crippen molar-refractivity contribution in [3.8, 4) is 17.2 Å². The summed E-state index contributed by atoms with van der Waals surface area (Å²) in [6, 6.07) is 9.34. The highest BCUT2D eigenvalue weighted by Crippen LogP contribution is 2.35. The fourth-order valence-electron chi connectivity index (χ4n) is 1.65. The molecule has 110 valence electrons. The summed E-state index contributed by atoms with van der Waals surface area (Å²) in [5, 5.41) is 10.9. The van der Waals surface area contributed by atoms with Crippen molar-refractivity contribution >= 4 is 27.3 Å². The van der Waals surface area contributed by atoms with Gasteiger partial charge in [0.2, 0.25) is 0 Å². The van der Waals surface area contributed by atoms with E-state index in [1.165, 1.54) is 12.1 Å². The van der Waals surface area contributed by atoms with Gasteiger partial charge in [0, 0.05) is 12.1 Å². The van der Waals surface area contributed by atoms with Crippen LogP contribution in [-0.2, 0) is 0 Å². The summed E-state index contributed by atoms with van der Waals surface area (Å²) in [5.74, 6) is 6.75. The van der Waals surface area contributed by atoms with Crippen molar-refractivity contribution < 1.29 is 14.4 Å². The Bertz CT molecular complexity index is 678. The van der Waals surface area contributed by atoms with Gasteiger partial charge in [-0.1, -0.05) is 0 Å². The molecular weight excluding hydrogens is 342 g/mol. The molecule has 7 nitrogen and oxygen atoms in total. The average molecular weight is 354 g/mol. The first-order chi connectivity index (χ1) is 10.0. The molecule has 0 aliphatic rings. The lowest BCUT2D eigenvalue weighted by Gasteiger charge is -2.10. The first-order valence-corrected chi connectivity index (χ1v) is 6.60. The van der Waals surface area contributed by atoms with E-state index >= 15 is 0 Å². The largest absolute Gasteiger partial charge is 0.497 e. The van der Waals surface area contributed by atoms with Crippen LogP contribution in [0.3, 0.4) is 0 Å². The van der Waals surface area contributed by atoms with E-state index < -0.39 is 4.92 Å². The van der Waals surface area contributed by atoms with Crippen LogP contribution in [0.2, 0.25) is 0 Å². The highest BCUT2D eigenvalue weighted by molar-refractivity contribution is 9.10. The van der Waals surface area contributed by atoms with Crippen molar-refractivity contribution in [1.82, 2.24) is 0 Å². The molecule has 0 heterocycles. The molecule has 2 rings (SSSR count). The maximum atomic E-state index is 10.9. The van der Waals surface area contributed by atoms with E-state index in [0.29, 0.717) is 27.4 Å². The van der Waals surface area contributed by atoms with Gasteiger partial charge in [0.15, 0.2) is 0 Å². The number of nitrogens with zero attached hydrogens (tertiary/aromatic N) is 1. The number of methoxy groups -OCH3 is 1. The van der Waals surface area contributed by atoms with Crippen LogP contribution in [0.1, 0.15) is 0 Å². The number of anilines is 1. The Hall–Kier alpha value is -2.32. The molecule has 3 N–H and O–H groups in total. The second-order valence-electron chi connectivity index (χ2n) is 4.02. The van der Waals surface area contributed by atoms with Crippen molar-refractivity contribution in [3.63, 3.8) is 0 Å². The first kappa shape index (κ1) is 15.1. The molecule has 0 amide bonds. The summed E-state index contributed by atoms with van der Waals surface area (Å²) in [4.78, 5) is 10.4. The summed E-state index contributed by atoms with van der Waals surface area (Å²) >= 11 is 3.35. The molecule has 0 fully saturated rings. The van der Waals surface area contributed by atoms with E-state index in [9.17, 15) is 10.1 Å². The van der Waals surface area contributed by atoms with Crippen molar-refractivity contribution in [2.75, 3.05) is 12.5 Å². The predicted molar refractivity (Wildman–Crippen MR) is 81.7 cm³/mol. The fourth-order valence-corrected chi connectivity index (χ4v) is 2.09. The van der Waals surface area contributed by atoms with E-state index in [-0.39, 0.29) is 5.69 Å². The number of benzene rings is 2. The molecule has 0 aliphatic carbocycles. The van der Waals surface area contributed by atoms with Crippen molar-refractivity contribution in [2.45, 2.75) is 0 Å². The third-order valence-electron chi connectivity index (χ3n) is 2.64. The minimum Gasteiger partial charge on any atom is -0.497 e. The van der Waals surface area contributed by atoms with Crippen molar-refractivity contribution in [1.29, 1.82) is 0 Å². The molecule has 0 radical (unpaired) electrons. The Morgan fingerprint density at radius 1 is 1.24 bits per heavy atom. The lowest BCUT2D eigenvalue weighted by molar-refractivity contribution is -0.384. The van der Waals surface area contributed by atoms with Gasteiger partial charge in [0.05, 0.1) is 28.3 Å². The topological polar surface area (TPSA) is 99.7 Å². The summed E-state index contributed by atoms with van der Waals surface area (Å²) < 4.78 is 11.4. The number of nitro benzene ring substituents is 1. The number of rotatable bonds is 5. The third kappa shape index (κ3) is 3.61. The Labute approximate surface area is 128 Å². The number of nitrogens with one attached hydrogen (secondary N) is 1. The van der Waals surface area contributed by atoms with Crippen LogP contribution in [-0.4, -0.2) is 12.0 Å². The SMILES string of the molecule is COc1ccc(Oc2cc(NN)cc([N+](=O)[O-])c2)c(Br)c1. The van der Waals surface area contributed by atoms with Gasteiger partial charge in [-0.2, -0.15) is 0 Å². The van der Waals surface area contributed by atoms with Crippen LogP contribution in [0.5, 0.6) is 17.2 Å². The van der Waals surface area contributed by atoms with Crippen molar-refractivity contribution in [3.05, 3.63) is 51.0 Å². The summed E-state index contributed by atoms with van der Waals surface area (Å²) in [5.41, 5.74) is 2.62. The average Bonchev–Trinajstić information content (AvgIpc) is 2.48. The Kier molecular flexibility index (Phi) is 4.61. The maximum absolute atomic E-state index is 10.9. The monoisotopic (exact) mass is 353 g/mol.